The van der Waals surface area contributed by atoms with E-state index in [4.69, 9.17) is 18.0 Å². The van der Waals surface area contributed by atoms with Gasteiger partial charge in [-0.15, -0.1) is 0 Å². The van der Waals surface area contributed by atoms with Crippen molar-refractivity contribution < 1.29 is 15.0 Å². The summed E-state index contributed by atoms with van der Waals surface area (Å²) in [6.45, 7) is 0.522. The average molecular weight is 280 g/mol. The minimum atomic E-state index is -0.437. The van der Waals surface area contributed by atoms with Gasteiger partial charge in [0.25, 0.3) is 5.91 Å². The van der Waals surface area contributed by atoms with Crippen LogP contribution in [0.15, 0.2) is 18.2 Å². The van der Waals surface area contributed by atoms with Crippen molar-refractivity contribution in [2.45, 2.75) is 25.3 Å². The Kier molecular flexibility index (Phi) is 3.90. The number of nitrogens with two attached hydrogens (primary N) is 1. The van der Waals surface area contributed by atoms with Crippen molar-refractivity contribution in [1.29, 1.82) is 0 Å². The van der Waals surface area contributed by atoms with E-state index in [1.54, 1.807) is 0 Å². The molecule has 1 unspecified atom stereocenters. The molecule has 0 radical (unpaired) electrons. The molecule has 1 amide bonds. The van der Waals surface area contributed by atoms with Crippen LogP contribution in [0.3, 0.4) is 0 Å². The predicted molar refractivity (Wildman–Crippen MR) is 75.2 cm³/mol. The number of rotatable bonds is 2. The van der Waals surface area contributed by atoms with Crippen molar-refractivity contribution in [1.82, 2.24) is 4.90 Å². The summed E-state index contributed by atoms with van der Waals surface area (Å²) in [5.41, 5.74) is 5.57. The van der Waals surface area contributed by atoms with E-state index in [1.807, 2.05) is 0 Å². The molecule has 4 N–H and O–H groups in total. The van der Waals surface area contributed by atoms with Gasteiger partial charge in [-0.3, -0.25) is 4.79 Å². The van der Waals surface area contributed by atoms with Gasteiger partial charge in [0.05, 0.1) is 11.0 Å². The molecule has 5 nitrogen and oxygen atoms in total. The molecule has 0 bridgehead atoms. The first-order chi connectivity index (χ1) is 9.02. The van der Waals surface area contributed by atoms with E-state index in [0.29, 0.717) is 6.54 Å². The summed E-state index contributed by atoms with van der Waals surface area (Å²) in [4.78, 5) is 14.2. The highest BCUT2D eigenvalue weighted by Gasteiger charge is 2.31. The van der Waals surface area contributed by atoms with Crippen LogP contribution in [0.25, 0.3) is 0 Å². The number of amides is 1. The number of piperidine rings is 1. The fourth-order valence-electron chi connectivity index (χ4n) is 2.36. The molecule has 1 aromatic rings. The monoisotopic (exact) mass is 280 g/mol. The topological polar surface area (TPSA) is 86.8 Å². The summed E-state index contributed by atoms with van der Waals surface area (Å²) >= 11 is 4.99. The number of carbonyl (C=O) groups excluding carboxylic acids is 1. The van der Waals surface area contributed by atoms with E-state index < -0.39 is 5.91 Å². The molecule has 0 spiro atoms. The van der Waals surface area contributed by atoms with Crippen LogP contribution in [0.1, 0.15) is 29.6 Å². The summed E-state index contributed by atoms with van der Waals surface area (Å²) < 4.78 is 0. The summed E-state index contributed by atoms with van der Waals surface area (Å²) in [5.74, 6) is -0.914. The first kappa shape index (κ1) is 13.6. The number of likely N-dealkylation sites (tertiary alicyclic amines) is 1. The molecule has 1 fully saturated rings. The molecule has 1 aliphatic rings. The van der Waals surface area contributed by atoms with Crippen molar-refractivity contribution in [3.05, 3.63) is 23.8 Å². The van der Waals surface area contributed by atoms with Gasteiger partial charge in [-0.05, 0) is 31.4 Å². The summed E-state index contributed by atoms with van der Waals surface area (Å²) in [6.07, 6.45) is 2.53. The van der Waals surface area contributed by atoms with E-state index >= 15 is 0 Å². The van der Waals surface area contributed by atoms with Crippen LogP contribution in [-0.2, 0) is 0 Å². The fourth-order valence-corrected chi connectivity index (χ4v) is 2.61. The summed E-state index contributed by atoms with van der Waals surface area (Å²) in [7, 11) is 0. The molecule has 1 aliphatic heterocycles. The Hall–Kier alpha value is -1.82. The normalized spacial score (nSPS) is 19.2. The second-order valence-corrected chi connectivity index (χ2v) is 5.06. The van der Waals surface area contributed by atoms with Crippen LogP contribution in [0, 0.1) is 0 Å². The number of hydrogen-bond acceptors (Lipinski definition) is 4. The Morgan fingerprint density at radius 3 is 2.53 bits per heavy atom. The number of nitrogens with zero attached hydrogens (tertiary/aromatic N) is 1. The van der Waals surface area contributed by atoms with Crippen LogP contribution in [0.5, 0.6) is 11.5 Å². The average Bonchev–Trinajstić information content (AvgIpc) is 2.38. The van der Waals surface area contributed by atoms with Crippen LogP contribution in [0.4, 0.5) is 0 Å². The third kappa shape index (κ3) is 2.63. The number of carbonyl (C=O) groups is 1. The van der Waals surface area contributed by atoms with Crippen LogP contribution in [0.2, 0.25) is 0 Å². The van der Waals surface area contributed by atoms with Gasteiger partial charge < -0.3 is 20.8 Å². The lowest BCUT2D eigenvalue weighted by atomic mass is 10.00. The summed E-state index contributed by atoms with van der Waals surface area (Å²) in [5, 5.41) is 19.5. The largest absolute Gasteiger partial charge is 0.507 e. The van der Waals surface area contributed by atoms with E-state index in [1.165, 1.54) is 23.1 Å². The SMILES string of the molecule is NC(=S)C1CCCCN1C(=O)c1c(O)cccc1O. The minimum Gasteiger partial charge on any atom is -0.507 e. The second-order valence-electron chi connectivity index (χ2n) is 4.58. The van der Waals surface area contributed by atoms with Gasteiger partial charge in [-0.2, -0.15) is 0 Å². The number of thiocarbonyl (C=S) groups is 1. The first-order valence-electron chi connectivity index (χ1n) is 6.13. The Morgan fingerprint density at radius 2 is 1.95 bits per heavy atom. The van der Waals surface area contributed by atoms with Crippen LogP contribution >= 0.6 is 12.2 Å². The van der Waals surface area contributed by atoms with Crippen molar-refractivity contribution in [2.75, 3.05) is 6.54 Å². The van der Waals surface area contributed by atoms with Gasteiger partial charge in [0.15, 0.2) is 0 Å². The van der Waals surface area contributed by atoms with E-state index in [-0.39, 0.29) is 28.1 Å². The minimum absolute atomic E-state index is 0.0920. The highest BCUT2D eigenvalue weighted by Crippen LogP contribution is 2.30. The van der Waals surface area contributed by atoms with E-state index in [9.17, 15) is 15.0 Å². The van der Waals surface area contributed by atoms with Crippen LogP contribution in [-0.4, -0.2) is 38.6 Å². The van der Waals surface area contributed by atoms with Gasteiger partial charge in [0, 0.05) is 6.54 Å². The standard InChI is InChI=1S/C13H16N2O3S/c14-12(19)8-4-1-2-7-15(8)13(18)11-9(16)5-3-6-10(11)17/h3,5-6,8,16-17H,1-2,4,7H2,(H2,14,19). The Balaban J connectivity index is 2.34. The van der Waals surface area contributed by atoms with Gasteiger partial charge in [0.1, 0.15) is 17.1 Å². The highest BCUT2D eigenvalue weighted by atomic mass is 32.1. The fraction of sp³-hybridized carbons (Fsp3) is 0.385. The Bertz CT molecular complexity index is 498. The molecule has 6 heteroatoms. The number of hydrogen-bond donors (Lipinski definition) is 3. The smallest absolute Gasteiger partial charge is 0.261 e. The van der Waals surface area contributed by atoms with Crippen molar-refractivity contribution in [3.63, 3.8) is 0 Å². The zero-order valence-electron chi connectivity index (χ0n) is 10.4. The van der Waals surface area contributed by atoms with Crippen molar-refractivity contribution in [3.8, 4) is 11.5 Å². The van der Waals surface area contributed by atoms with Gasteiger partial charge in [-0.1, -0.05) is 18.3 Å². The first-order valence-corrected chi connectivity index (χ1v) is 6.54. The molecule has 2 rings (SSSR count). The summed E-state index contributed by atoms with van der Waals surface area (Å²) in [6, 6.07) is 3.90. The number of aromatic hydroxyl groups is 2. The third-order valence-electron chi connectivity index (χ3n) is 3.33. The number of benzene rings is 1. The molecule has 102 valence electrons. The van der Waals surface area contributed by atoms with Gasteiger partial charge in [0.2, 0.25) is 0 Å². The molecule has 1 saturated heterocycles. The van der Waals surface area contributed by atoms with Gasteiger partial charge in [-0.25, -0.2) is 0 Å². The highest BCUT2D eigenvalue weighted by molar-refractivity contribution is 7.80. The quantitative estimate of drug-likeness (QED) is 0.712. The van der Waals surface area contributed by atoms with Gasteiger partial charge >= 0.3 is 0 Å². The molecule has 0 aliphatic carbocycles. The molecule has 19 heavy (non-hydrogen) atoms. The molecule has 0 aromatic heterocycles. The lowest BCUT2D eigenvalue weighted by Gasteiger charge is -2.35. The van der Waals surface area contributed by atoms with Crippen molar-refractivity contribution in [2.24, 2.45) is 5.73 Å². The maximum absolute atomic E-state index is 12.4. The second kappa shape index (κ2) is 5.44. The predicted octanol–water partition coefficient (Wildman–Crippen LogP) is 1.38. The number of phenols is 2. The molecular formula is C13H16N2O3S. The molecule has 1 heterocycles. The number of phenolic OH excluding ortho intramolecular Hbond substituents is 2. The maximum Gasteiger partial charge on any atom is 0.261 e. The van der Waals surface area contributed by atoms with Crippen LogP contribution < -0.4 is 5.73 Å². The van der Waals surface area contributed by atoms with E-state index in [0.717, 1.165) is 19.3 Å². The Labute approximate surface area is 116 Å². The van der Waals surface area contributed by atoms with Crippen molar-refractivity contribution >= 4 is 23.1 Å². The molecular weight excluding hydrogens is 264 g/mol. The third-order valence-corrected chi connectivity index (χ3v) is 3.60. The zero-order valence-corrected chi connectivity index (χ0v) is 11.2. The van der Waals surface area contributed by atoms with E-state index in [2.05, 4.69) is 0 Å². The zero-order chi connectivity index (χ0) is 14.0. The molecule has 0 saturated carbocycles. The maximum atomic E-state index is 12.4. The lowest BCUT2D eigenvalue weighted by molar-refractivity contribution is 0.0675. The molecule has 1 atom stereocenters. The Morgan fingerprint density at radius 1 is 1.32 bits per heavy atom. The molecule has 1 aromatic carbocycles. The lowest BCUT2D eigenvalue weighted by Crippen LogP contribution is -2.49.